The highest BCUT2D eigenvalue weighted by molar-refractivity contribution is 7.89. The molecular weight excluding hydrogens is 494 g/mol. The highest BCUT2D eigenvalue weighted by Crippen LogP contribution is 2.31. The van der Waals surface area contributed by atoms with E-state index in [1.165, 1.54) is 0 Å². The number of sulfonamides is 1. The summed E-state index contributed by atoms with van der Waals surface area (Å²) >= 11 is 0. The Balaban J connectivity index is 1.47. The molecule has 5 rings (SSSR count). The van der Waals surface area contributed by atoms with Crippen LogP contribution in [-0.2, 0) is 16.6 Å². The van der Waals surface area contributed by atoms with E-state index in [1.807, 2.05) is 104 Å². The van der Waals surface area contributed by atoms with Crippen LogP contribution in [0, 0.1) is 6.92 Å². The molecule has 1 heterocycles. The first-order chi connectivity index (χ1) is 18.5. The van der Waals surface area contributed by atoms with Crippen LogP contribution in [0.5, 0.6) is 0 Å². The predicted octanol–water partition coefficient (Wildman–Crippen LogP) is 6.20. The fourth-order valence-corrected chi connectivity index (χ4v) is 5.62. The molecule has 38 heavy (non-hydrogen) atoms. The van der Waals surface area contributed by atoms with Crippen LogP contribution < -0.4 is 10.0 Å². The van der Waals surface area contributed by atoms with Crippen LogP contribution in [-0.4, -0.2) is 13.6 Å². The Morgan fingerprint density at radius 2 is 1.29 bits per heavy atom. The molecule has 0 saturated heterocycles. The van der Waals surface area contributed by atoms with Crippen LogP contribution >= 0.6 is 0 Å². The molecule has 1 aromatic heterocycles. The van der Waals surface area contributed by atoms with E-state index in [0.29, 0.717) is 12.3 Å². The van der Waals surface area contributed by atoms with Crippen LogP contribution in [0.1, 0.15) is 34.5 Å². The monoisotopic (exact) mass is 523 g/mol. The Hall–Kier alpha value is -4.04. The van der Waals surface area contributed by atoms with Gasteiger partial charge < -0.3 is 9.84 Å². The molecule has 4 aromatic carbocycles. The molecule has 0 fully saturated rings. The van der Waals surface area contributed by atoms with Gasteiger partial charge in [0, 0.05) is 11.6 Å². The quantitative estimate of drug-likeness (QED) is 0.228. The molecule has 0 aliphatic carbocycles. The summed E-state index contributed by atoms with van der Waals surface area (Å²) in [6.45, 7) is 2.29. The average Bonchev–Trinajstić information content (AvgIpc) is 3.43. The van der Waals surface area contributed by atoms with Crippen molar-refractivity contribution in [2.75, 3.05) is 0 Å². The number of hydrogen-bond acceptors (Lipinski definition) is 5. The van der Waals surface area contributed by atoms with Crippen molar-refractivity contribution in [2.45, 2.75) is 30.4 Å². The van der Waals surface area contributed by atoms with Gasteiger partial charge in [-0.15, -0.1) is 0 Å². The van der Waals surface area contributed by atoms with E-state index in [9.17, 15) is 8.42 Å². The zero-order valence-electron chi connectivity index (χ0n) is 21.0. The SMILES string of the molecule is Cc1ccc(S(=O)(=O)N[C@H](c2ccccc2)C(NCc2cc(-c3ccccc3)no2)c2ccccc2)cc1. The van der Waals surface area contributed by atoms with E-state index in [0.717, 1.165) is 27.9 Å². The Labute approximate surface area is 223 Å². The van der Waals surface area contributed by atoms with Gasteiger partial charge in [0.2, 0.25) is 10.0 Å². The van der Waals surface area contributed by atoms with E-state index in [2.05, 4.69) is 15.2 Å². The third-order valence-corrected chi connectivity index (χ3v) is 7.85. The predicted molar refractivity (Wildman–Crippen MR) is 149 cm³/mol. The van der Waals surface area contributed by atoms with Crippen LogP contribution in [0.25, 0.3) is 11.3 Å². The Morgan fingerprint density at radius 3 is 1.89 bits per heavy atom. The maximum Gasteiger partial charge on any atom is 0.241 e. The highest BCUT2D eigenvalue weighted by Gasteiger charge is 2.30. The fraction of sp³-hybridized carbons (Fsp3) is 0.129. The van der Waals surface area contributed by atoms with Crippen molar-refractivity contribution in [3.63, 3.8) is 0 Å². The van der Waals surface area contributed by atoms with Crippen molar-refractivity contribution in [3.8, 4) is 11.3 Å². The molecule has 0 radical (unpaired) electrons. The lowest BCUT2D eigenvalue weighted by molar-refractivity contribution is 0.349. The van der Waals surface area contributed by atoms with Crippen molar-refractivity contribution >= 4 is 10.0 Å². The lowest BCUT2D eigenvalue weighted by Crippen LogP contribution is -2.38. The Bertz CT molecular complexity index is 1550. The summed E-state index contributed by atoms with van der Waals surface area (Å²) in [5.74, 6) is 0.651. The van der Waals surface area contributed by atoms with Gasteiger partial charge in [0.15, 0.2) is 5.76 Å². The standard InChI is InChI=1S/C31H29N3O3S/c1-23-17-19-28(20-18-23)38(35,36)34-31(26-15-9-4-10-16-26)30(25-13-7-3-8-14-25)32-22-27-21-29(33-37-27)24-11-5-2-6-12-24/h2-21,30-32,34H,22H2,1H3/t30?,31-/m1/s1. The lowest BCUT2D eigenvalue weighted by Gasteiger charge is -2.29. The maximum atomic E-state index is 13.5. The summed E-state index contributed by atoms with van der Waals surface area (Å²) in [6, 6.07) is 37.0. The second-order valence-electron chi connectivity index (χ2n) is 9.14. The number of rotatable bonds is 10. The van der Waals surface area contributed by atoms with Gasteiger partial charge in [0.1, 0.15) is 5.69 Å². The summed E-state index contributed by atoms with van der Waals surface area (Å²) in [6.07, 6.45) is 0. The van der Waals surface area contributed by atoms with Gasteiger partial charge in [-0.2, -0.15) is 0 Å². The molecule has 6 nitrogen and oxygen atoms in total. The second-order valence-corrected chi connectivity index (χ2v) is 10.9. The van der Waals surface area contributed by atoms with Crippen LogP contribution in [0.15, 0.2) is 131 Å². The molecule has 192 valence electrons. The van der Waals surface area contributed by atoms with Crippen LogP contribution in [0.2, 0.25) is 0 Å². The van der Waals surface area contributed by atoms with Crippen molar-refractivity contribution in [3.05, 3.63) is 144 Å². The second kappa shape index (κ2) is 11.6. The molecule has 5 aromatic rings. The minimum absolute atomic E-state index is 0.221. The van der Waals surface area contributed by atoms with E-state index < -0.39 is 22.1 Å². The minimum Gasteiger partial charge on any atom is -0.359 e. The summed E-state index contributed by atoms with van der Waals surface area (Å²) < 4.78 is 35.7. The molecule has 7 heteroatoms. The van der Waals surface area contributed by atoms with Gasteiger partial charge in [0.05, 0.1) is 23.5 Å². The highest BCUT2D eigenvalue weighted by atomic mass is 32.2. The zero-order valence-corrected chi connectivity index (χ0v) is 21.8. The molecule has 1 unspecified atom stereocenters. The first kappa shape index (κ1) is 25.6. The van der Waals surface area contributed by atoms with Crippen molar-refractivity contribution < 1.29 is 12.9 Å². The van der Waals surface area contributed by atoms with Crippen LogP contribution in [0.4, 0.5) is 0 Å². The van der Waals surface area contributed by atoms with E-state index in [4.69, 9.17) is 4.52 Å². The molecule has 2 N–H and O–H groups in total. The molecular formula is C31H29N3O3S. The number of nitrogens with one attached hydrogen (secondary N) is 2. The number of aromatic nitrogens is 1. The number of benzene rings is 4. The minimum atomic E-state index is -3.82. The Morgan fingerprint density at radius 1 is 0.737 bits per heavy atom. The van der Waals surface area contributed by atoms with Crippen LogP contribution in [0.3, 0.4) is 0 Å². The van der Waals surface area contributed by atoms with Gasteiger partial charge in [-0.1, -0.05) is 114 Å². The summed E-state index contributed by atoms with van der Waals surface area (Å²) in [5.41, 5.74) is 4.49. The molecule has 0 bridgehead atoms. The van der Waals surface area contributed by atoms with Crippen molar-refractivity contribution in [1.82, 2.24) is 15.2 Å². The van der Waals surface area contributed by atoms with E-state index in [-0.39, 0.29) is 4.90 Å². The lowest BCUT2D eigenvalue weighted by atomic mass is 9.94. The van der Waals surface area contributed by atoms with E-state index in [1.54, 1.807) is 24.3 Å². The number of aryl methyl sites for hydroxylation is 1. The first-order valence-corrected chi connectivity index (χ1v) is 13.9. The van der Waals surface area contributed by atoms with Crippen molar-refractivity contribution in [1.29, 1.82) is 0 Å². The van der Waals surface area contributed by atoms with Gasteiger partial charge in [-0.25, -0.2) is 13.1 Å². The van der Waals surface area contributed by atoms with Gasteiger partial charge >= 0.3 is 0 Å². The average molecular weight is 524 g/mol. The molecule has 0 aliphatic heterocycles. The Kier molecular flexibility index (Phi) is 7.79. The topological polar surface area (TPSA) is 84.2 Å². The smallest absolute Gasteiger partial charge is 0.241 e. The molecule has 0 aliphatic rings. The third kappa shape index (κ3) is 6.08. The van der Waals surface area contributed by atoms with Gasteiger partial charge in [-0.3, -0.25) is 0 Å². The maximum absolute atomic E-state index is 13.5. The summed E-state index contributed by atoms with van der Waals surface area (Å²) in [7, 11) is -3.82. The molecule has 2 atom stereocenters. The number of hydrogen-bond donors (Lipinski definition) is 2. The van der Waals surface area contributed by atoms with E-state index >= 15 is 0 Å². The summed E-state index contributed by atoms with van der Waals surface area (Å²) in [4.78, 5) is 0.221. The zero-order chi connectivity index (χ0) is 26.4. The van der Waals surface area contributed by atoms with Crippen molar-refractivity contribution in [2.24, 2.45) is 0 Å². The van der Waals surface area contributed by atoms with Gasteiger partial charge in [0.25, 0.3) is 0 Å². The third-order valence-electron chi connectivity index (χ3n) is 6.39. The number of nitrogens with zero attached hydrogens (tertiary/aromatic N) is 1. The molecule has 0 amide bonds. The molecule has 0 spiro atoms. The largest absolute Gasteiger partial charge is 0.359 e. The normalized spacial score (nSPS) is 13.2. The van der Waals surface area contributed by atoms with Gasteiger partial charge in [-0.05, 0) is 30.2 Å². The summed E-state index contributed by atoms with van der Waals surface area (Å²) in [5, 5.41) is 7.76. The fourth-order valence-electron chi connectivity index (χ4n) is 4.38. The molecule has 0 saturated carbocycles. The first-order valence-electron chi connectivity index (χ1n) is 12.4.